The molecule has 2 atom stereocenters. The molecule has 2 rings (SSSR count). The van der Waals surface area contributed by atoms with Crippen molar-refractivity contribution in [3.63, 3.8) is 0 Å². The highest BCUT2D eigenvalue weighted by Crippen LogP contribution is 2.33. The summed E-state index contributed by atoms with van der Waals surface area (Å²) in [6.07, 6.45) is 5.49. The molecule has 2 unspecified atom stereocenters. The van der Waals surface area contributed by atoms with Crippen LogP contribution >= 0.6 is 0 Å². The van der Waals surface area contributed by atoms with Crippen LogP contribution in [0.3, 0.4) is 0 Å². The third-order valence-electron chi connectivity index (χ3n) is 5.28. The first kappa shape index (κ1) is 15.3. The van der Waals surface area contributed by atoms with Gasteiger partial charge in [0.15, 0.2) is 0 Å². The molecule has 2 saturated heterocycles. The average Bonchev–Trinajstić information content (AvgIpc) is 2.39. The number of likely N-dealkylation sites (tertiary alicyclic amines) is 1. The second kappa shape index (κ2) is 6.55. The van der Waals surface area contributed by atoms with E-state index in [9.17, 15) is 0 Å². The van der Waals surface area contributed by atoms with E-state index < -0.39 is 0 Å². The van der Waals surface area contributed by atoms with Gasteiger partial charge in [0.1, 0.15) is 0 Å². The van der Waals surface area contributed by atoms with Gasteiger partial charge in [0.05, 0.1) is 0 Å². The first-order valence-corrected chi connectivity index (χ1v) is 8.08. The van der Waals surface area contributed by atoms with Gasteiger partial charge in [-0.3, -0.25) is 0 Å². The number of rotatable bonds is 4. The fraction of sp³-hybridized carbons (Fsp3) is 1.00. The number of hydrogen-bond acceptors (Lipinski definition) is 3. The van der Waals surface area contributed by atoms with Crippen LogP contribution in [0.4, 0.5) is 0 Å². The molecule has 0 aromatic carbocycles. The van der Waals surface area contributed by atoms with Gasteiger partial charge in [-0.25, -0.2) is 0 Å². The Morgan fingerprint density at radius 2 is 2.05 bits per heavy atom. The lowest BCUT2D eigenvalue weighted by Crippen LogP contribution is -2.50. The summed E-state index contributed by atoms with van der Waals surface area (Å²) in [5, 5.41) is 3.57. The molecule has 0 amide bonds. The van der Waals surface area contributed by atoms with Gasteiger partial charge in [-0.05, 0) is 70.7 Å². The predicted octanol–water partition coefficient (Wildman–Crippen LogP) is 2.04. The molecule has 3 nitrogen and oxygen atoms in total. The number of nitrogens with zero attached hydrogens (tertiary/aromatic N) is 2. The molecule has 2 fully saturated rings. The summed E-state index contributed by atoms with van der Waals surface area (Å²) in [4.78, 5) is 5.12. The molecule has 19 heavy (non-hydrogen) atoms. The fourth-order valence-electron chi connectivity index (χ4n) is 3.92. The fourth-order valence-corrected chi connectivity index (χ4v) is 3.92. The van der Waals surface area contributed by atoms with E-state index >= 15 is 0 Å². The summed E-state index contributed by atoms with van der Waals surface area (Å²) in [5.41, 5.74) is 0.429. The standard InChI is InChI=1S/C16H33N3/c1-16(2,14-7-5-9-17-11-14)13-19(4)15-8-6-10-18(3)12-15/h14-15,17H,5-13H2,1-4H3. The zero-order chi connectivity index (χ0) is 13.9. The van der Waals surface area contributed by atoms with Crippen LogP contribution in [0.1, 0.15) is 39.5 Å². The molecule has 0 bridgehead atoms. The van der Waals surface area contributed by atoms with Crippen molar-refractivity contribution in [2.24, 2.45) is 11.3 Å². The first-order valence-electron chi connectivity index (χ1n) is 8.08. The van der Waals surface area contributed by atoms with Crippen LogP contribution in [0, 0.1) is 11.3 Å². The zero-order valence-corrected chi connectivity index (χ0v) is 13.4. The second-order valence-electron chi connectivity index (χ2n) is 7.51. The Labute approximate surface area is 119 Å². The lowest BCUT2D eigenvalue weighted by Gasteiger charge is -2.43. The van der Waals surface area contributed by atoms with E-state index in [4.69, 9.17) is 0 Å². The zero-order valence-electron chi connectivity index (χ0n) is 13.4. The van der Waals surface area contributed by atoms with Crippen LogP contribution < -0.4 is 5.32 Å². The minimum atomic E-state index is 0.429. The van der Waals surface area contributed by atoms with Gasteiger partial charge in [0.2, 0.25) is 0 Å². The highest BCUT2D eigenvalue weighted by Gasteiger charge is 2.33. The summed E-state index contributed by atoms with van der Waals surface area (Å²) in [6, 6.07) is 0.759. The largest absolute Gasteiger partial charge is 0.316 e. The van der Waals surface area contributed by atoms with Crippen molar-refractivity contribution in [3.05, 3.63) is 0 Å². The maximum atomic E-state index is 3.57. The summed E-state index contributed by atoms with van der Waals surface area (Å²) in [6.45, 7) is 11.1. The van der Waals surface area contributed by atoms with Crippen LogP contribution in [-0.4, -0.2) is 62.7 Å². The van der Waals surface area contributed by atoms with Crippen molar-refractivity contribution in [1.29, 1.82) is 0 Å². The maximum Gasteiger partial charge on any atom is 0.0220 e. The molecule has 112 valence electrons. The van der Waals surface area contributed by atoms with Crippen molar-refractivity contribution in [2.45, 2.75) is 45.6 Å². The van der Waals surface area contributed by atoms with E-state index in [1.165, 1.54) is 58.4 Å². The van der Waals surface area contributed by atoms with Crippen LogP contribution in [0.25, 0.3) is 0 Å². The van der Waals surface area contributed by atoms with E-state index in [2.05, 4.69) is 43.1 Å². The molecule has 0 saturated carbocycles. The monoisotopic (exact) mass is 267 g/mol. The smallest absolute Gasteiger partial charge is 0.0220 e. The van der Waals surface area contributed by atoms with E-state index in [0.29, 0.717) is 5.41 Å². The topological polar surface area (TPSA) is 18.5 Å². The molecule has 0 radical (unpaired) electrons. The first-order chi connectivity index (χ1) is 8.99. The van der Waals surface area contributed by atoms with Crippen molar-refractivity contribution in [1.82, 2.24) is 15.1 Å². The molecule has 0 spiro atoms. The average molecular weight is 267 g/mol. The molecule has 0 aliphatic carbocycles. The van der Waals surface area contributed by atoms with Crippen LogP contribution in [-0.2, 0) is 0 Å². The van der Waals surface area contributed by atoms with Crippen molar-refractivity contribution < 1.29 is 0 Å². The molecule has 2 aliphatic heterocycles. The quantitative estimate of drug-likeness (QED) is 0.841. The van der Waals surface area contributed by atoms with Gasteiger partial charge in [-0.2, -0.15) is 0 Å². The van der Waals surface area contributed by atoms with Gasteiger partial charge >= 0.3 is 0 Å². The molecule has 0 aromatic heterocycles. The van der Waals surface area contributed by atoms with E-state index in [1.807, 2.05) is 0 Å². The Bertz CT molecular complexity index is 271. The van der Waals surface area contributed by atoms with Crippen molar-refractivity contribution in [3.8, 4) is 0 Å². The predicted molar refractivity (Wildman–Crippen MR) is 82.5 cm³/mol. The lowest BCUT2D eigenvalue weighted by atomic mass is 9.74. The van der Waals surface area contributed by atoms with Crippen molar-refractivity contribution in [2.75, 3.05) is 46.8 Å². The third-order valence-corrected chi connectivity index (χ3v) is 5.28. The number of nitrogens with one attached hydrogen (secondary N) is 1. The maximum absolute atomic E-state index is 3.57. The Morgan fingerprint density at radius 1 is 1.26 bits per heavy atom. The minimum Gasteiger partial charge on any atom is -0.316 e. The van der Waals surface area contributed by atoms with Crippen LogP contribution in [0.2, 0.25) is 0 Å². The highest BCUT2D eigenvalue weighted by atomic mass is 15.2. The Hall–Kier alpha value is -0.120. The van der Waals surface area contributed by atoms with Gasteiger partial charge < -0.3 is 15.1 Å². The summed E-state index contributed by atoms with van der Waals surface area (Å²) >= 11 is 0. The number of piperidine rings is 2. The third kappa shape index (κ3) is 4.17. The summed E-state index contributed by atoms with van der Waals surface area (Å²) in [5.74, 6) is 0.838. The molecular formula is C16H33N3. The highest BCUT2D eigenvalue weighted by molar-refractivity contribution is 4.87. The van der Waals surface area contributed by atoms with Gasteiger partial charge in [0, 0.05) is 19.1 Å². The number of hydrogen-bond donors (Lipinski definition) is 1. The molecule has 3 heteroatoms. The van der Waals surface area contributed by atoms with Crippen molar-refractivity contribution >= 4 is 0 Å². The summed E-state index contributed by atoms with van der Waals surface area (Å²) < 4.78 is 0. The molecule has 2 heterocycles. The minimum absolute atomic E-state index is 0.429. The normalized spacial score (nSPS) is 30.8. The van der Waals surface area contributed by atoms with Gasteiger partial charge in [-0.15, -0.1) is 0 Å². The van der Waals surface area contributed by atoms with E-state index in [1.54, 1.807) is 0 Å². The number of likely N-dealkylation sites (N-methyl/N-ethyl adjacent to an activating group) is 2. The Balaban J connectivity index is 1.87. The van der Waals surface area contributed by atoms with Gasteiger partial charge in [0.25, 0.3) is 0 Å². The SMILES string of the molecule is CN1CCCC(N(C)CC(C)(C)C2CCCNC2)C1. The Morgan fingerprint density at radius 3 is 2.68 bits per heavy atom. The van der Waals surface area contributed by atoms with E-state index in [0.717, 1.165) is 12.0 Å². The second-order valence-corrected chi connectivity index (χ2v) is 7.51. The summed E-state index contributed by atoms with van der Waals surface area (Å²) in [7, 11) is 4.60. The van der Waals surface area contributed by atoms with E-state index in [-0.39, 0.29) is 0 Å². The van der Waals surface area contributed by atoms with Crippen LogP contribution in [0.15, 0.2) is 0 Å². The molecule has 2 aliphatic rings. The molecular weight excluding hydrogens is 234 g/mol. The molecule has 1 N–H and O–H groups in total. The Kier molecular flexibility index (Phi) is 5.27. The lowest BCUT2D eigenvalue weighted by molar-refractivity contribution is 0.0636. The molecule has 0 aromatic rings. The van der Waals surface area contributed by atoms with Gasteiger partial charge in [-0.1, -0.05) is 13.8 Å². The van der Waals surface area contributed by atoms with Crippen LogP contribution in [0.5, 0.6) is 0 Å².